The Morgan fingerprint density at radius 3 is 3.00 bits per heavy atom. The van der Waals surface area contributed by atoms with Gasteiger partial charge in [0, 0.05) is 23.5 Å². The largest absolute Gasteiger partial charge is 0.486 e. The fourth-order valence-corrected chi connectivity index (χ4v) is 3.52. The van der Waals surface area contributed by atoms with Gasteiger partial charge in [0.05, 0.1) is 0 Å². The molecule has 2 N–H and O–H groups in total. The first kappa shape index (κ1) is 14.5. The molecule has 2 aliphatic heterocycles. The molecule has 4 rings (SSSR count). The molecule has 0 spiro atoms. The summed E-state index contributed by atoms with van der Waals surface area (Å²) in [5.41, 5.74) is 1.40. The highest BCUT2D eigenvalue weighted by Crippen LogP contribution is 2.35. The van der Waals surface area contributed by atoms with Gasteiger partial charge >= 0.3 is 0 Å². The lowest BCUT2D eigenvalue weighted by atomic mass is 10.2. The van der Waals surface area contributed by atoms with Crippen molar-refractivity contribution in [1.29, 1.82) is 0 Å². The van der Waals surface area contributed by atoms with Crippen LogP contribution < -0.4 is 20.1 Å². The maximum atomic E-state index is 12.2. The van der Waals surface area contributed by atoms with Crippen LogP contribution in [0, 0.1) is 0 Å². The SMILES string of the molecule is O=C(NC1CCNC1)c1csc(-c2ccc3c(c2)OCCO3)n1. The minimum absolute atomic E-state index is 0.112. The second-order valence-electron chi connectivity index (χ2n) is 5.56. The molecule has 0 bridgehead atoms. The number of fused-ring (bicyclic) bond motifs is 1. The van der Waals surface area contributed by atoms with Gasteiger partial charge in [-0.25, -0.2) is 4.98 Å². The van der Waals surface area contributed by atoms with E-state index in [0.717, 1.165) is 41.6 Å². The van der Waals surface area contributed by atoms with E-state index in [0.29, 0.717) is 18.9 Å². The van der Waals surface area contributed by atoms with E-state index in [1.54, 1.807) is 5.38 Å². The summed E-state index contributed by atoms with van der Waals surface area (Å²) in [6, 6.07) is 5.93. The summed E-state index contributed by atoms with van der Waals surface area (Å²) in [5, 5.41) is 8.84. The van der Waals surface area contributed by atoms with Crippen molar-refractivity contribution in [2.45, 2.75) is 12.5 Å². The summed E-state index contributed by atoms with van der Waals surface area (Å²) in [6.07, 6.45) is 0.963. The van der Waals surface area contributed by atoms with Gasteiger partial charge in [0.1, 0.15) is 23.9 Å². The van der Waals surface area contributed by atoms with Crippen LogP contribution >= 0.6 is 11.3 Å². The van der Waals surface area contributed by atoms with E-state index in [-0.39, 0.29) is 11.9 Å². The molecule has 1 amide bonds. The van der Waals surface area contributed by atoms with Gasteiger partial charge < -0.3 is 20.1 Å². The minimum Gasteiger partial charge on any atom is -0.486 e. The Bertz CT molecular complexity index is 725. The molecule has 1 saturated heterocycles. The number of thiazole rings is 1. The smallest absolute Gasteiger partial charge is 0.271 e. The van der Waals surface area contributed by atoms with Crippen molar-refractivity contribution in [3.8, 4) is 22.1 Å². The van der Waals surface area contributed by atoms with E-state index in [2.05, 4.69) is 15.6 Å². The highest BCUT2D eigenvalue weighted by molar-refractivity contribution is 7.13. The lowest BCUT2D eigenvalue weighted by Crippen LogP contribution is -2.36. The van der Waals surface area contributed by atoms with E-state index in [1.807, 2.05) is 18.2 Å². The lowest BCUT2D eigenvalue weighted by molar-refractivity contribution is 0.0936. The second-order valence-corrected chi connectivity index (χ2v) is 6.42. The summed E-state index contributed by atoms with van der Waals surface area (Å²) >= 11 is 1.46. The molecule has 0 aliphatic carbocycles. The standard InChI is InChI=1S/C16H17N3O3S/c20-15(18-11-3-4-17-8-11)12-9-23-16(19-12)10-1-2-13-14(7-10)22-6-5-21-13/h1-2,7,9,11,17H,3-6,8H2,(H,18,20). The first-order chi connectivity index (χ1) is 11.3. The number of ether oxygens (including phenoxy) is 2. The molecule has 23 heavy (non-hydrogen) atoms. The number of carbonyl (C=O) groups is 1. The van der Waals surface area contributed by atoms with Gasteiger partial charge in [0.15, 0.2) is 11.5 Å². The predicted molar refractivity (Wildman–Crippen MR) is 87.3 cm³/mol. The van der Waals surface area contributed by atoms with Crippen molar-refractivity contribution in [1.82, 2.24) is 15.6 Å². The van der Waals surface area contributed by atoms with Crippen molar-refractivity contribution in [2.24, 2.45) is 0 Å². The Kier molecular flexibility index (Phi) is 3.88. The molecule has 6 nitrogen and oxygen atoms in total. The van der Waals surface area contributed by atoms with Gasteiger partial charge in [-0.15, -0.1) is 11.3 Å². The molecule has 0 radical (unpaired) electrons. The van der Waals surface area contributed by atoms with Crippen molar-refractivity contribution < 1.29 is 14.3 Å². The monoisotopic (exact) mass is 331 g/mol. The van der Waals surface area contributed by atoms with Gasteiger partial charge in [-0.2, -0.15) is 0 Å². The van der Waals surface area contributed by atoms with Crippen LogP contribution in [0.15, 0.2) is 23.6 Å². The van der Waals surface area contributed by atoms with Crippen LogP contribution in [-0.4, -0.2) is 43.2 Å². The first-order valence-electron chi connectivity index (χ1n) is 7.67. The Balaban J connectivity index is 1.52. The summed E-state index contributed by atoms with van der Waals surface area (Å²) < 4.78 is 11.1. The van der Waals surface area contributed by atoms with Crippen LogP contribution in [0.5, 0.6) is 11.5 Å². The number of hydrogen-bond acceptors (Lipinski definition) is 6. The van der Waals surface area contributed by atoms with E-state index >= 15 is 0 Å². The number of nitrogens with one attached hydrogen (secondary N) is 2. The fourth-order valence-electron chi connectivity index (χ4n) is 2.72. The Morgan fingerprint density at radius 1 is 1.30 bits per heavy atom. The van der Waals surface area contributed by atoms with Crippen LogP contribution in [0.1, 0.15) is 16.9 Å². The molecule has 1 fully saturated rings. The predicted octanol–water partition coefficient (Wildman–Crippen LogP) is 1.67. The number of rotatable bonds is 3. The highest BCUT2D eigenvalue weighted by atomic mass is 32.1. The molecule has 3 heterocycles. The van der Waals surface area contributed by atoms with Crippen LogP contribution in [-0.2, 0) is 0 Å². The third-order valence-electron chi connectivity index (χ3n) is 3.92. The molecule has 1 atom stereocenters. The van der Waals surface area contributed by atoms with Gasteiger partial charge in [-0.1, -0.05) is 0 Å². The molecule has 1 aromatic heterocycles. The highest BCUT2D eigenvalue weighted by Gasteiger charge is 2.20. The molecule has 2 aliphatic rings. The molecule has 2 aromatic rings. The Hall–Kier alpha value is -2.12. The average Bonchev–Trinajstić information content (AvgIpc) is 3.26. The summed E-state index contributed by atoms with van der Waals surface area (Å²) in [5.74, 6) is 1.37. The van der Waals surface area contributed by atoms with Gasteiger partial charge in [0.2, 0.25) is 0 Å². The number of nitrogens with zero attached hydrogens (tertiary/aromatic N) is 1. The fraction of sp³-hybridized carbons (Fsp3) is 0.375. The summed E-state index contributed by atoms with van der Waals surface area (Å²) in [4.78, 5) is 16.7. The van der Waals surface area contributed by atoms with Crippen LogP contribution in [0.25, 0.3) is 10.6 Å². The zero-order valence-corrected chi connectivity index (χ0v) is 13.3. The van der Waals surface area contributed by atoms with E-state index < -0.39 is 0 Å². The third-order valence-corrected chi connectivity index (χ3v) is 4.81. The van der Waals surface area contributed by atoms with E-state index in [4.69, 9.17) is 9.47 Å². The number of amides is 1. The van der Waals surface area contributed by atoms with Crippen LogP contribution in [0.2, 0.25) is 0 Å². The molecule has 7 heteroatoms. The average molecular weight is 331 g/mol. The summed E-state index contributed by atoms with van der Waals surface area (Å²) in [6.45, 7) is 2.90. The number of hydrogen-bond donors (Lipinski definition) is 2. The zero-order valence-electron chi connectivity index (χ0n) is 12.5. The van der Waals surface area contributed by atoms with Crippen LogP contribution in [0.4, 0.5) is 0 Å². The van der Waals surface area contributed by atoms with Gasteiger partial charge in [-0.3, -0.25) is 4.79 Å². The maximum absolute atomic E-state index is 12.2. The van der Waals surface area contributed by atoms with Crippen molar-refractivity contribution in [3.05, 3.63) is 29.3 Å². The number of carbonyl (C=O) groups excluding carboxylic acids is 1. The molecule has 0 saturated carbocycles. The van der Waals surface area contributed by atoms with Crippen molar-refractivity contribution in [2.75, 3.05) is 26.3 Å². The normalized spacial score (nSPS) is 19.6. The van der Waals surface area contributed by atoms with E-state index in [9.17, 15) is 4.79 Å². The zero-order chi connectivity index (χ0) is 15.6. The molecule has 1 aromatic carbocycles. The second kappa shape index (κ2) is 6.17. The molecule has 1 unspecified atom stereocenters. The molecular weight excluding hydrogens is 314 g/mol. The quantitative estimate of drug-likeness (QED) is 0.895. The van der Waals surface area contributed by atoms with Crippen LogP contribution in [0.3, 0.4) is 0 Å². The third kappa shape index (κ3) is 3.02. The Labute approximate surface area is 137 Å². The Morgan fingerprint density at radius 2 is 2.17 bits per heavy atom. The van der Waals surface area contributed by atoms with Crippen molar-refractivity contribution in [3.63, 3.8) is 0 Å². The minimum atomic E-state index is -0.112. The van der Waals surface area contributed by atoms with Gasteiger partial charge in [0.25, 0.3) is 5.91 Å². The first-order valence-corrected chi connectivity index (χ1v) is 8.55. The van der Waals surface area contributed by atoms with E-state index in [1.165, 1.54) is 11.3 Å². The lowest BCUT2D eigenvalue weighted by Gasteiger charge is -2.18. The topological polar surface area (TPSA) is 72.5 Å². The molecule has 120 valence electrons. The maximum Gasteiger partial charge on any atom is 0.271 e. The molecular formula is C16H17N3O3S. The van der Waals surface area contributed by atoms with Crippen molar-refractivity contribution >= 4 is 17.2 Å². The number of aromatic nitrogens is 1. The summed E-state index contributed by atoms with van der Waals surface area (Å²) in [7, 11) is 0. The number of benzene rings is 1. The van der Waals surface area contributed by atoms with Gasteiger partial charge in [-0.05, 0) is 31.2 Å².